The average molecular weight is 798 g/mol. The summed E-state index contributed by atoms with van der Waals surface area (Å²) in [6.07, 6.45) is 8.97. The molecule has 0 aliphatic heterocycles. The minimum absolute atomic E-state index is 0.00489. The second-order valence-corrected chi connectivity index (χ2v) is 17.2. The molecule has 4 fully saturated rings. The van der Waals surface area contributed by atoms with Crippen molar-refractivity contribution in [1.29, 1.82) is 0 Å². The molecule has 0 aromatic heterocycles. The Morgan fingerprint density at radius 3 is 1.53 bits per heavy atom. The number of hydrogen-bond donors (Lipinski definition) is 4. The summed E-state index contributed by atoms with van der Waals surface area (Å²) in [6, 6.07) is 0.185. The Bertz CT molecular complexity index is 975. The Balaban J connectivity index is 1.16. The quantitative estimate of drug-likeness (QED) is 0.101. The van der Waals surface area contributed by atoms with E-state index in [1.165, 1.54) is 0 Å². The number of hydrogen-bond acceptors (Lipinski definition) is 6. The third-order valence-corrected chi connectivity index (χ3v) is 15.6. The number of carbonyl (C=O) groups is 2. The predicted octanol–water partition coefficient (Wildman–Crippen LogP) is 7.06. The largest absolute Gasteiger partial charge is 0.481 e. The molecule has 0 heterocycles. The predicted molar refractivity (Wildman–Crippen MR) is 181 cm³/mol. The van der Waals surface area contributed by atoms with Crippen molar-refractivity contribution in [1.82, 2.24) is 10.8 Å². The number of hydroxylamine groups is 1. The van der Waals surface area contributed by atoms with Crippen LogP contribution >= 0.6 is 92.8 Å². The molecule has 0 aromatic carbocycles. The van der Waals surface area contributed by atoms with E-state index in [0.717, 1.165) is 57.8 Å². The molecule has 0 saturated heterocycles. The van der Waals surface area contributed by atoms with E-state index in [1.54, 1.807) is 0 Å². The van der Waals surface area contributed by atoms with Gasteiger partial charge >= 0.3 is 5.97 Å². The maximum Gasteiger partial charge on any atom is 0.308 e. The van der Waals surface area contributed by atoms with Gasteiger partial charge in [0.15, 0.2) is 0 Å². The number of carboxylic acid groups (broad SMARTS) is 1. The lowest BCUT2D eigenvalue weighted by Crippen LogP contribution is -2.58. The van der Waals surface area contributed by atoms with E-state index in [0.29, 0.717) is 11.8 Å². The number of carboxylic acids is 1. The fraction of sp³-hybridized carbons (Fsp3) is 0.931. The first-order chi connectivity index (χ1) is 21.3. The number of carbonyl (C=O) groups excluding carboxylic acids is 1. The van der Waals surface area contributed by atoms with Crippen LogP contribution in [0.5, 0.6) is 0 Å². The van der Waals surface area contributed by atoms with Gasteiger partial charge in [-0.3, -0.25) is 14.8 Å². The lowest BCUT2D eigenvalue weighted by Gasteiger charge is -2.43. The van der Waals surface area contributed by atoms with Gasteiger partial charge < -0.3 is 15.3 Å². The molecule has 1 amide bonds. The van der Waals surface area contributed by atoms with Gasteiger partial charge in [-0.25, -0.2) is 4.89 Å². The summed E-state index contributed by atoms with van der Waals surface area (Å²) in [4.78, 5) is 35.4. The zero-order valence-corrected chi connectivity index (χ0v) is 30.6. The van der Waals surface area contributed by atoms with E-state index in [2.05, 4.69) is 15.7 Å². The lowest BCUT2D eigenvalue weighted by molar-refractivity contribution is -0.256. The topological polar surface area (TPSA) is 117 Å². The van der Waals surface area contributed by atoms with Crippen molar-refractivity contribution >= 4 is 105 Å². The molecule has 4 N–H and O–H groups in total. The number of nitrogens with one attached hydrogen (secondary N) is 2. The number of halogens is 8. The van der Waals surface area contributed by atoms with E-state index in [1.807, 2.05) is 0 Å². The molecule has 4 aliphatic carbocycles. The number of rotatable bonds is 11. The highest BCUT2D eigenvalue weighted by Crippen LogP contribution is 2.44. The Hall–Kier alpha value is 1.10. The van der Waals surface area contributed by atoms with Crippen LogP contribution in [0.15, 0.2) is 0 Å². The van der Waals surface area contributed by atoms with Gasteiger partial charge in [0, 0.05) is 23.9 Å². The van der Waals surface area contributed by atoms with Gasteiger partial charge in [-0.15, -0.1) is 92.8 Å². The van der Waals surface area contributed by atoms with E-state index in [9.17, 15) is 14.7 Å². The van der Waals surface area contributed by atoms with Crippen molar-refractivity contribution in [3.8, 4) is 0 Å². The molecule has 0 bridgehead atoms. The lowest BCUT2D eigenvalue weighted by atomic mass is 9.75. The molecule has 260 valence electrons. The maximum atomic E-state index is 13.2. The molecular formula is C29H42Cl8N2O6. The van der Waals surface area contributed by atoms with Gasteiger partial charge in [-0.05, 0) is 69.6 Å². The Morgan fingerprint density at radius 2 is 1.04 bits per heavy atom. The maximum absolute atomic E-state index is 13.2. The first kappa shape index (κ1) is 38.9. The van der Waals surface area contributed by atoms with E-state index >= 15 is 0 Å². The zero-order valence-electron chi connectivity index (χ0n) is 24.6. The van der Waals surface area contributed by atoms with Crippen molar-refractivity contribution in [3.63, 3.8) is 0 Å². The van der Waals surface area contributed by atoms with Crippen LogP contribution in [0.4, 0.5) is 0 Å². The monoisotopic (exact) mass is 794 g/mol. The Labute approximate surface area is 304 Å². The van der Waals surface area contributed by atoms with Gasteiger partial charge in [0.1, 0.15) is 0 Å². The van der Waals surface area contributed by atoms with Gasteiger partial charge in [0.05, 0.1) is 68.1 Å². The molecule has 12 atom stereocenters. The molecule has 16 heteroatoms. The second-order valence-electron chi connectivity index (χ2n) is 13.2. The van der Waals surface area contributed by atoms with Crippen LogP contribution in [0.25, 0.3) is 0 Å². The van der Waals surface area contributed by atoms with E-state index in [4.69, 9.17) is 103 Å². The van der Waals surface area contributed by atoms with Crippen molar-refractivity contribution in [2.75, 3.05) is 13.2 Å². The second kappa shape index (κ2) is 17.8. The Kier molecular flexibility index (Phi) is 15.4. The van der Waals surface area contributed by atoms with E-state index < -0.39 is 66.7 Å². The van der Waals surface area contributed by atoms with Crippen LogP contribution in [0.3, 0.4) is 0 Å². The summed E-state index contributed by atoms with van der Waals surface area (Å²) < 4.78 is 0. The van der Waals surface area contributed by atoms with Crippen molar-refractivity contribution in [3.05, 3.63) is 0 Å². The summed E-state index contributed by atoms with van der Waals surface area (Å²) in [5.41, 5.74) is 3.20. The summed E-state index contributed by atoms with van der Waals surface area (Å²) >= 11 is 51.1. The third-order valence-electron chi connectivity index (χ3n) is 10.4. The fourth-order valence-electron chi connectivity index (χ4n) is 7.64. The molecule has 4 saturated carbocycles. The molecule has 4 aliphatic rings. The van der Waals surface area contributed by atoms with Crippen molar-refractivity contribution < 1.29 is 29.7 Å². The molecule has 12 unspecified atom stereocenters. The van der Waals surface area contributed by atoms with Crippen LogP contribution < -0.4 is 10.8 Å². The molecular weight excluding hydrogens is 756 g/mol. The first-order valence-corrected chi connectivity index (χ1v) is 19.1. The first-order valence-electron chi connectivity index (χ1n) is 15.6. The molecule has 0 radical (unpaired) electrons. The van der Waals surface area contributed by atoms with Crippen molar-refractivity contribution in [2.45, 2.75) is 113 Å². The standard InChI is InChI=1S/C29H42Cl8N2O6/c30-20-16(17(11-45-43)21(31)25(35)24(20)34)10-44-39-15-7-3-13(4-8-15)9-12-1-5-14(6-2-12)38-28(40)18-19(29(41)42)23(33)27(37)26(36)22(18)32/h12-27,39,43H,1-11H2,(H,38,40)(H,41,42). The third kappa shape index (κ3) is 9.46. The summed E-state index contributed by atoms with van der Waals surface area (Å²) in [5.74, 6) is -3.24. The van der Waals surface area contributed by atoms with Crippen LogP contribution in [0, 0.1) is 35.5 Å². The minimum atomic E-state index is -1.21. The smallest absolute Gasteiger partial charge is 0.308 e. The van der Waals surface area contributed by atoms with Gasteiger partial charge in [0.2, 0.25) is 5.91 Å². The van der Waals surface area contributed by atoms with Crippen LogP contribution in [0.2, 0.25) is 0 Å². The van der Waals surface area contributed by atoms with Gasteiger partial charge in [-0.2, -0.15) is 5.48 Å². The highest BCUT2D eigenvalue weighted by atomic mass is 35.5. The summed E-state index contributed by atoms with van der Waals surface area (Å²) in [5, 5.41) is 16.1. The molecule has 45 heavy (non-hydrogen) atoms. The summed E-state index contributed by atoms with van der Waals surface area (Å²) in [6.45, 7) is 0.266. The number of amides is 1. The van der Waals surface area contributed by atoms with Crippen LogP contribution in [-0.4, -0.2) is 90.6 Å². The molecule has 8 nitrogen and oxygen atoms in total. The Morgan fingerprint density at radius 1 is 0.600 bits per heavy atom. The SMILES string of the molecule is O=C(O)C1C(Cl)C(Cl)C(Cl)C(Cl)C1C(=O)NC1CCC(CC2CCC(NOCC3C(Cl)C(Cl)C(Cl)C(Cl)C3COO)CC2)CC1. The highest BCUT2D eigenvalue weighted by Gasteiger charge is 2.54. The van der Waals surface area contributed by atoms with Gasteiger partial charge in [-0.1, -0.05) is 0 Å². The van der Waals surface area contributed by atoms with Gasteiger partial charge in [0.25, 0.3) is 0 Å². The van der Waals surface area contributed by atoms with Crippen LogP contribution in [0.1, 0.15) is 57.8 Å². The van der Waals surface area contributed by atoms with Crippen molar-refractivity contribution in [2.24, 2.45) is 35.5 Å². The summed E-state index contributed by atoms with van der Waals surface area (Å²) in [7, 11) is 0. The normalized spacial score (nSPS) is 46.0. The zero-order chi connectivity index (χ0) is 33.0. The number of aliphatic carboxylic acids is 1. The average Bonchev–Trinajstić information content (AvgIpc) is 3.02. The minimum Gasteiger partial charge on any atom is -0.481 e. The molecule has 0 spiro atoms. The van der Waals surface area contributed by atoms with Crippen LogP contribution in [-0.2, 0) is 19.3 Å². The fourth-order valence-corrected chi connectivity index (χ4v) is 10.9. The molecule has 4 rings (SSSR count). The van der Waals surface area contributed by atoms with E-state index in [-0.39, 0.29) is 37.1 Å². The highest BCUT2D eigenvalue weighted by molar-refractivity contribution is 6.40. The number of alkyl halides is 8. The molecule has 0 aromatic rings.